The zero-order valence-corrected chi connectivity index (χ0v) is 19.4. The van der Waals surface area contributed by atoms with Crippen molar-refractivity contribution in [3.63, 3.8) is 0 Å². The minimum atomic E-state index is -0.235. The Morgan fingerprint density at radius 2 is 2.00 bits per heavy atom. The van der Waals surface area contributed by atoms with Crippen molar-refractivity contribution < 1.29 is 14.3 Å². The number of aryl methyl sites for hydroxylation is 2. The second-order valence-electron chi connectivity index (χ2n) is 8.06. The van der Waals surface area contributed by atoms with Gasteiger partial charge in [-0.1, -0.05) is 12.1 Å². The van der Waals surface area contributed by atoms with Crippen LogP contribution < -0.4 is 10.1 Å². The zero-order chi connectivity index (χ0) is 23.5. The smallest absolute Gasteiger partial charge is 0.272 e. The van der Waals surface area contributed by atoms with Crippen molar-refractivity contribution in [2.75, 3.05) is 20.2 Å². The molecule has 0 atom stereocenters. The number of nitrogens with one attached hydrogen (secondary N) is 1. The van der Waals surface area contributed by atoms with Crippen LogP contribution in [0.4, 0.5) is 0 Å². The number of fused-ring (bicyclic) bond motifs is 1. The van der Waals surface area contributed by atoms with Gasteiger partial charge in [-0.25, -0.2) is 9.97 Å². The van der Waals surface area contributed by atoms with E-state index in [1.54, 1.807) is 25.0 Å². The van der Waals surface area contributed by atoms with Gasteiger partial charge in [0.1, 0.15) is 17.3 Å². The second kappa shape index (κ2) is 9.40. The van der Waals surface area contributed by atoms with Gasteiger partial charge in [0.15, 0.2) is 5.69 Å². The molecule has 172 valence electrons. The maximum absolute atomic E-state index is 13.2. The summed E-state index contributed by atoms with van der Waals surface area (Å²) in [5, 5.41) is 7.50. The van der Waals surface area contributed by atoms with Crippen molar-refractivity contribution in [2.24, 2.45) is 0 Å². The fourth-order valence-corrected chi connectivity index (χ4v) is 4.15. The van der Waals surface area contributed by atoms with E-state index in [1.807, 2.05) is 42.8 Å². The molecule has 0 saturated heterocycles. The highest BCUT2D eigenvalue weighted by molar-refractivity contribution is 5.95. The molecule has 9 nitrogen and oxygen atoms in total. The quantitative estimate of drug-likeness (QED) is 0.621. The average Bonchev–Trinajstić information content (AvgIpc) is 3.16. The highest BCUT2D eigenvalue weighted by Gasteiger charge is 2.31. The summed E-state index contributed by atoms with van der Waals surface area (Å²) in [6.07, 6.45) is 0.598. The molecule has 0 radical (unpaired) electrons. The van der Waals surface area contributed by atoms with E-state index < -0.39 is 0 Å². The third kappa shape index (κ3) is 4.72. The summed E-state index contributed by atoms with van der Waals surface area (Å²) in [5.41, 5.74) is 4.25. The standard InChI is InChI=1S/C24H28N6O3/c1-5-25-23(31)22-19-14-29(24(32)20-11-15(2)26-16(3)27-20)10-9-21(19)30(28-22)13-17-7-6-8-18(12-17)33-4/h6-8,11-12H,5,9-10,13-14H2,1-4H3,(H,25,31). The molecular weight excluding hydrogens is 420 g/mol. The molecule has 9 heteroatoms. The van der Waals surface area contributed by atoms with Crippen LogP contribution >= 0.6 is 0 Å². The van der Waals surface area contributed by atoms with Gasteiger partial charge in [0, 0.05) is 36.5 Å². The third-order valence-corrected chi connectivity index (χ3v) is 5.63. The maximum Gasteiger partial charge on any atom is 0.272 e. The Morgan fingerprint density at radius 1 is 1.18 bits per heavy atom. The van der Waals surface area contributed by atoms with Crippen LogP contribution in [-0.4, -0.2) is 56.7 Å². The van der Waals surface area contributed by atoms with E-state index >= 15 is 0 Å². The van der Waals surface area contributed by atoms with Gasteiger partial charge in [0.2, 0.25) is 0 Å². The Bertz CT molecular complexity index is 1180. The lowest BCUT2D eigenvalue weighted by Gasteiger charge is -2.27. The van der Waals surface area contributed by atoms with Crippen LogP contribution in [0.15, 0.2) is 30.3 Å². The summed E-state index contributed by atoms with van der Waals surface area (Å²) in [7, 11) is 1.63. The lowest BCUT2D eigenvalue weighted by Crippen LogP contribution is -2.37. The van der Waals surface area contributed by atoms with Gasteiger partial charge in [0.25, 0.3) is 11.8 Å². The number of rotatable bonds is 6. The normalized spacial score (nSPS) is 12.9. The molecule has 2 aromatic heterocycles. The van der Waals surface area contributed by atoms with E-state index in [4.69, 9.17) is 4.74 Å². The largest absolute Gasteiger partial charge is 0.497 e. The van der Waals surface area contributed by atoms with Crippen LogP contribution in [0, 0.1) is 13.8 Å². The lowest BCUT2D eigenvalue weighted by atomic mass is 10.0. The van der Waals surface area contributed by atoms with E-state index in [2.05, 4.69) is 20.4 Å². The number of carbonyl (C=O) groups is 2. The average molecular weight is 449 g/mol. The van der Waals surface area contributed by atoms with Crippen LogP contribution in [0.1, 0.15) is 56.2 Å². The zero-order valence-electron chi connectivity index (χ0n) is 19.4. The number of methoxy groups -OCH3 is 1. The van der Waals surface area contributed by atoms with Crippen LogP contribution in [0.5, 0.6) is 5.75 Å². The van der Waals surface area contributed by atoms with E-state index in [0.717, 1.165) is 28.3 Å². The fourth-order valence-electron chi connectivity index (χ4n) is 4.15. The molecule has 0 spiro atoms. The first kappa shape index (κ1) is 22.4. The summed E-state index contributed by atoms with van der Waals surface area (Å²) >= 11 is 0. The van der Waals surface area contributed by atoms with Crippen molar-refractivity contribution in [3.8, 4) is 5.75 Å². The molecule has 2 amide bonds. The molecule has 0 fully saturated rings. The summed E-state index contributed by atoms with van der Waals surface area (Å²) in [6, 6.07) is 9.48. The lowest BCUT2D eigenvalue weighted by molar-refractivity contribution is 0.0724. The SMILES string of the molecule is CCNC(=O)c1nn(Cc2cccc(OC)c2)c2c1CN(C(=O)c1cc(C)nc(C)n1)CC2. The first-order chi connectivity index (χ1) is 15.9. The molecule has 1 N–H and O–H groups in total. The van der Waals surface area contributed by atoms with Crippen LogP contribution in [0.25, 0.3) is 0 Å². The van der Waals surface area contributed by atoms with E-state index in [-0.39, 0.29) is 11.8 Å². The number of hydrogen-bond donors (Lipinski definition) is 1. The number of amides is 2. The van der Waals surface area contributed by atoms with Gasteiger partial charge in [-0.2, -0.15) is 5.10 Å². The number of aromatic nitrogens is 4. The third-order valence-electron chi connectivity index (χ3n) is 5.63. The van der Waals surface area contributed by atoms with Gasteiger partial charge in [0.05, 0.1) is 20.2 Å². The Kier molecular flexibility index (Phi) is 6.39. The number of ether oxygens (including phenoxy) is 1. The van der Waals surface area contributed by atoms with Crippen LogP contribution in [0.3, 0.4) is 0 Å². The van der Waals surface area contributed by atoms with Crippen molar-refractivity contribution in [2.45, 2.75) is 40.3 Å². The Hall–Kier alpha value is -3.75. The summed E-state index contributed by atoms with van der Waals surface area (Å²) in [5.74, 6) is 0.924. The van der Waals surface area contributed by atoms with Crippen molar-refractivity contribution in [1.29, 1.82) is 0 Å². The highest BCUT2D eigenvalue weighted by Crippen LogP contribution is 2.25. The number of carbonyl (C=O) groups excluding carboxylic acids is 2. The van der Waals surface area contributed by atoms with E-state index in [9.17, 15) is 9.59 Å². The van der Waals surface area contributed by atoms with Gasteiger partial charge >= 0.3 is 0 Å². The first-order valence-electron chi connectivity index (χ1n) is 11.0. The fraction of sp³-hybridized carbons (Fsp3) is 0.375. The van der Waals surface area contributed by atoms with Crippen LogP contribution in [-0.2, 0) is 19.5 Å². The van der Waals surface area contributed by atoms with Gasteiger partial charge in [-0.3, -0.25) is 14.3 Å². The van der Waals surface area contributed by atoms with Crippen LogP contribution in [0.2, 0.25) is 0 Å². The number of nitrogens with zero attached hydrogens (tertiary/aromatic N) is 5. The molecule has 0 bridgehead atoms. The van der Waals surface area contributed by atoms with Gasteiger partial charge in [-0.05, 0) is 44.5 Å². The molecule has 1 aliphatic heterocycles. The predicted octanol–water partition coefficient (Wildman–Crippen LogP) is 2.30. The summed E-state index contributed by atoms with van der Waals surface area (Å²) in [6.45, 7) is 7.32. The minimum absolute atomic E-state index is 0.170. The molecule has 1 aromatic carbocycles. The Balaban J connectivity index is 1.66. The first-order valence-corrected chi connectivity index (χ1v) is 11.0. The maximum atomic E-state index is 13.2. The van der Waals surface area contributed by atoms with E-state index in [0.29, 0.717) is 49.8 Å². The monoisotopic (exact) mass is 448 g/mol. The molecule has 3 heterocycles. The minimum Gasteiger partial charge on any atom is -0.497 e. The van der Waals surface area contributed by atoms with Crippen molar-refractivity contribution in [3.05, 3.63) is 70.1 Å². The molecule has 4 rings (SSSR count). The molecule has 0 aliphatic carbocycles. The Morgan fingerprint density at radius 3 is 2.73 bits per heavy atom. The van der Waals surface area contributed by atoms with E-state index in [1.165, 1.54) is 0 Å². The second-order valence-corrected chi connectivity index (χ2v) is 8.06. The summed E-state index contributed by atoms with van der Waals surface area (Å²) < 4.78 is 7.20. The van der Waals surface area contributed by atoms with Crippen molar-refractivity contribution in [1.82, 2.24) is 30.0 Å². The van der Waals surface area contributed by atoms with Gasteiger partial charge < -0.3 is 15.0 Å². The molecule has 3 aromatic rings. The molecule has 0 unspecified atom stereocenters. The van der Waals surface area contributed by atoms with Crippen molar-refractivity contribution >= 4 is 11.8 Å². The predicted molar refractivity (Wildman–Crippen MR) is 122 cm³/mol. The molecule has 0 saturated carbocycles. The summed E-state index contributed by atoms with van der Waals surface area (Å²) in [4.78, 5) is 36.3. The number of hydrogen-bond acceptors (Lipinski definition) is 6. The highest BCUT2D eigenvalue weighted by atomic mass is 16.5. The molecular formula is C24H28N6O3. The topological polar surface area (TPSA) is 102 Å². The van der Waals surface area contributed by atoms with Gasteiger partial charge in [-0.15, -0.1) is 0 Å². The molecule has 33 heavy (non-hydrogen) atoms. The molecule has 1 aliphatic rings. The Labute approximate surface area is 192 Å². The number of benzene rings is 1.